The van der Waals surface area contributed by atoms with Crippen LogP contribution < -0.4 is 11.3 Å². The van der Waals surface area contributed by atoms with E-state index in [1.54, 1.807) is 0 Å². The lowest BCUT2D eigenvalue weighted by molar-refractivity contribution is 0.438. The summed E-state index contributed by atoms with van der Waals surface area (Å²) in [4.78, 5) is 0. The molecule has 1 unspecified atom stereocenters. The molecule has 3 N–H and O–H groups in total. The first-order valence-corrected chi connectivity index (χ1v) is 6.81. The van der Waals surface area contributed by atoms with Crippen molar-refractivity contribution in [2.75, 3.05) is 0 Å². The van der Waals surface area contributed by atoms with Gasteiger partial charge in [-0.1, -0.05) is 39.5 Å². The highest BCUT2D eigenvalue weighted by Crippen LogP contribution is 2.19. The molecule has 0 aromatic carbocycles. The first kappa shape index (κ1) is 14.2. The van der Waals surface area contributed by atoms with E-state index in [2.05, 4.69) is 35.1 Å². The highest BCUT2D eigenvalue weighted by Gasteiger charge is 2.13. The van der Waals surface area contributed by atoms with Crippen LogP contribution in [0.15, 0.2) is 12.3 Å². The van der Waals surface area contributed by atoms with E-state index in [0.717, 1.165) is 19.4 Å². The van der Waals surface area contributed by atoms with Crippen molar-refractivity contribution in [3.63, 3.8) is 0 Å². The standard InChI is InChI=1S/C13H26N4/c1-3-5-6-7-8-12(16-14)13-9-10-15-17(13)11-4-2/h9-10,12,16H,3-8,11,14H2,1-2H3. The lowest BCUT2D eigenvalue weighted by Crippen LogP contribution is -2.30. The number of nitrogens with two attached hydrogens (primary N) is 1. The van der Waals surface area contributed by atoms with Gasteiger partial charge in [0.25, 0.3) is 0 Å². The van der Waals surface area contributed by atoms with E-state index >= 15 is 0 Å². The molecule has 17 heavy (non-hydrogen) atoms. The molecule has 1 rings (SSSR count). The van der Waals surface area contributed by atoms with Gasteiger partial charge in [-0.2, -0.15) is 5.10 Å². The molecule has 0 saturated heterocycles. The summed E-state index contributed by atoms with van der Waals surface area (Å²) >= 11 is 0. The summed E-state index contributed by atoms with van der Waals surface area (Å²) in [5, 5.41) is 4.34. The Kier molecular flexibility index (Phi) is 6.89. The number of aryl methyl sites for hydroxylation is 1. The lowest BCUT2D eigenvalue weighted by Gasteiger charge is -2.17. The zero-order valence-electron chi connectivity index (χ0n) is 11.2. The Hall–Kier alpha value is -0.870. The summed E-state index contributed by atoms with van der Waals surface area (Å²) in [6.45, 7) is 5.36. The number of aromatic nitrogens is 2. The van der Waals surface area contributed by atoms with Crippen LogP contribution in [0.1, 0.15) is 64.1 Å². The fraction of sp³-hybridized carbons (Fsp3) is 0.769. The van der Waals surface area contributed by atoms with Crippen LogP contribution in [-0.4, -0.2) is 9.78 Å². The van der Waals surface area contributed by atoms with Crippen LogP contribution in [0.25, 0.3) is 0 Å². The molecule has 4 heteroatoms. The van der Waals surface area contributed by atoms with Crippen molar-refractivity contribution < 1.29 is 0 Å². The number of nitrogens with one attached hydrogen (secondary N) is 1. The number of nitrogens with zero attached hydrogens (tertiary/aromatic N) is 2. The van der Waals surface area contributed by atoms with Gasteiger partial charge in [-0.05, 0) is 18.9 Å². The molecule has 0 spiro atoms. The van der Waals surface area contributed by atoms with E-state index in [9.17, 15) is 0 Å². The quantitative estimate of drug-likeness (QED) is 0.395. The lowest BCUT2D eigenvalue weighted by atomic mass is 10.1. The second-order valence-electron chi connectivity index (χ2n) is 4.55. The summed E-state index contributed by atoms with van der Waals surface area (Å²) in [7, 11) is 0. The molecule has 0 radical (unpaired) electrons. The molecule has 1 aromatic rings. The van der Waals surface area contributed by atoms with Crippen LogP contribution in [0.2, 0.25) is 0 Å². The van der Waals surface area contributed by atoms with Gasteiger partial charge in [0.1, 0.15) is 0 Å². The SMILES string of the molecule is CCCCCCC(NN)c1ccnn1CCC. The van der Waals surface area contributed by atoms with Gasteiger partial charge in [0.15, 0.2) is 0 Å². The Morgan fingerprint density at radius 1 is 1.29 bits per heavy atom. The Labute approximate surface area is 105 Å². The summed E-state index contributed by atoms with van der Waals surface area (Å²) in [5.74, 6) is 5.65. The van der Waals surface area contributed by atoms with E-state index in [1.165, 1.54) is 31.4 Å². The molecule has 0 aliphatic heterocycles. The van der Waals surface area contributed by atoms with Gasteiger partial charge in [-0.25, -0.2) is 0 Å². The molecule has 0 amide bonds. The van der Waals surface area contributed by atoms with Crippen LogP contribution in [0.4, 0.5) is 0 Å². The second kappa shape index (κ2) is 8.25. The summed E-state index contributed by atoms with van der Waals surface area (Å²) < 4.78 is 2.06. The number of hydrogen-bond donors (Lipinski definition) is 2. The Morgan fingerprint density at radius 3 is 2.76 bits per heavy atom. The molecule has 4 nitrogen and oxygen atoms in total. The van der Waals surface area contributed by atoms with Crippen LogP contribution in [-0.2, 0) is 6.54 Å². The van der Waals surface area contributed by atoms with Crippen molar-refractivity contribution in [1.82, 2.24) is 15.2 Å². The summed E-state index contributed by atoms with van der Waals surface area (Å²) in [6.07, 6.45) is 9.14. The van der Waals surface area contributed by atoms with E-state index in [1.807, 2.05) is 6.20 Å². The molecule has 1 heterocycles. The summed E-state index contributed by atoms with van der Waals surface area (Å²) in [5.41, 5.74) is 4.13. The smallest absolute Gasteiger partial charge is 0.0629 e. The van der Waals surface area contributed by atoms with Crippen LogP contribution >= 0.6 is 0 Å². The maximum Gasteiger partial charge on any atom is 0.0629 e. The zero-order chi connectivity index (χ0) is 12.5. The van der Waals surface area contributed by atoms with Gasteiger partial charge in [-0.3, -0.25) is 16.0 Å². The molecule has 98 valence electrons. The second-order valence-corrected chi connectivity index (χ2v) is 4.55. The molecule has 0 aliphatic rings. The Bertz CT molecular complexity index is 295. The molecule has 0 fully saturated rings. The minimum Gasteiger partial charge on any atom is -0.271 e. The van der Waals surface area contributed by atoms with Crippen molar-refractivity contribution >= 4 is 0 Å². The van der Waals surface area contributed by atoms with E-state index < -0.39 is 0 Å². The summed E-state index contributed by atoms with van der Waals surface area (Å²) in [6, 6.07) is 2.31. The molecular weight excluding hydrogens is 212 g/mol. The Morgan fingerprint density at radius 2 is 2.12 bits per heavy atom. The first-order valence-electron chi connectivity index (χ1n) is 6.81. The fourth-order valence-corrected chi connectivity index (χ4v) is 2.13. The largest absolute Gasteiger partial charge is 0.271 e. The third-order valence-corrected chi connectivity index (χ3v) is 3.09. The van der Waals surface area contributed by atoms with Crippen LogP contribution in [0.5, 0.6) is 0 Å². The minimum atomic E-state index is 0.237. The molecule has 1 atom stereocenters. The number of hydrogen-bond acceptors (Lipinski definition) is 3. The van der Waals surface area contributed by atoms with Gasteiger partial charge in [0, 0.05) is 12.7 Å². The predicted molar refractivity (Wildman–Crippen MR) is 71.3 cm³/mol. The monoisotopic (exact) mass is 238 g/mol. The average molecular weight is 238 g/mol. The average Bonchev–Trinajstić information content (AvgIpc) is 2.78. The minimum absolute atomic E-state index is 0.237. The van der Waals surface area contributed by atoms with Crippen molar-refractivity contribution in [1.29, 1.82) is 0 Å². The number of unbranched alkanes of at least 4 members (excludes halogenated alkanes) is 3. The van der Waals surface area contributed by atoms with E-state index in [0.29, 0.717) is 0 Å². The zero-order valence-corrected chi connectivity index (χ0v) is 11.2. The van der Waals surface area contributed by atoms with Crippen molar-refractivity contribution in [2.24, 2.45) is 5.84 Å². The number of rotatable bonds is 9. The third kappa shape index (κ3) is 4.48. The van der Waals surface area contributed by atoms with Crippen molar-refractivity contribution in [3.05, 3.63) is 18.0 Å². The van der Waals surface area contributed by atoms with Crippen LogP contribution in [0, 0.1) is 0 Å². The van der Waals surface area contributed by atoms with Gasteiger partial charge in [0.2, 0.25) is 0 Å². The molecule has 1 aromatic heterocycles. The van der Waals surface area contributed by atoms with Gasteiger partial charge in [0.05, 0.1) is 11.7 Å². The Balaban J connectivity index is 2.50. The number of hydrazine groups is 1. The van der Waals surface area contributed by atoms with Gasteiger partial charge < -0.3 is 0 Å². The normalized spacial score (nSPS) is 12.9. The topological polar surface area (TPSA) is 55.9 Å². The van der Waals surface area contributed by atoms with Crippen molar-refractivity contribution in [2.45, 2.75) is 65.0 Å². The molecule has 0 saturated carbocycles. The highest BCUT2D eigenvalue weighted by atomic mass is 15.3. The molecular formula is C13H26N4. The molecule has 0 bridgehead atoms. The molecule has 0 aliphatic carbocycles. The van der Waals surface area contributed by atoms with E-state index in [4.69, 9.17) is 5.84 Å². The van der Waals surface area contributed by atoms with Crippen molar-refractivity contribution in [3.8, 4) is 0 Å². The van der Waals surface area contributed by atoms with E-state index in [-0.39, 0.29) is 6.04 Å². The van der Waals surface area contributed by atoms with Gasteiger partial charge in [-0.15, -0.1) is 0 Å². The highest BCUT2D eigenvalue weighted by molar-refractivity contribution is 5.06. The van der Waals surface area contributed by atoms with Gasteiger partial charge >= 0.3 is 0 Å². The van der Waals surface area contributed by atoms with Crippen LogP contribution in [0.3, 0.4) is 0 Å². The maximum absolute atomic E-state index is 5.65. The fourth-order valence-electron chi connectivity index (χ4n) is 2.13. The third-order valence-electron chi connectivity index (χ3n) is 3.09. The predicted octanol–water partition coefficient (Wildman–Crippen LogP) is 2.77. The maximum atomic E-state index is 5.65. The first-order chi connectivity index (χ1) is 8.33.